The van der Waals surface area contributed by atoms with Crippen LogP contribution in [0.1, 0.15) is 55.1 Å². The SMILES string of the molecule is CCCC1=C(C(=O)OCC)C(c2ccccc2OC)n2c(s/c(=C\c3c(C)n(Cc4ccccc4Cl)c4ccccc34)c2=O)=N1. The van der Waals surface area contributed by atoms with Crippen molar-refractivity contribution in [1.29, 1.82) is 0 Å². The van der Waals surface area contributed by atoms with E-state index in [1.54, 1.807) is 18.6 Å². The molecule has 0 aliphatic carbocycles. The maximum absolute atomic E-state index is 14.4. The van der Waals surface area contributed by atoms with Gasteiger partial charge >= 0.3 is 5.97 Å². The van der Waals surface area contributed by atoms with Gasteiger partial charge in [0.05, 0.1) is 29.5 Å². The first kappa shape index (κ1) is 30.6. The van der Waals surface area contributed by atoms with Gasteiger partial charge in [0.15, 0.2) is 4.80 Å². The fourth-order valence-corrected chi connectivity index (χ4v) is 7.28. The third-order valence-electron chi connectivity index (χ3n) is 8.17. The van der Waals surface area contributed by atoms with E-state index in [0.717, 1.165) is 34.1 Å². The Labute approximate surface area is 270 Å². The number of esters is 1. The van der Waals surface area contributed by atoms with Crippen molar-refractivity contribution in [2.75, 3.05) is 13.7 Å². The van der Waals surface area contributed by atoms with Gasteiger partial charge in [-0.15, -0.1) is 0 Å². The number of aromatic nitrogens is 2. The molecule has 0 N–H and O–H groups in total. The normalized spacial score (nSPS) is 14.9. The summed E-state index contributed by atoms with van der Waals surface area (Å²) in [5, 5.41) is 1.74. The molecule has 0 amide bonds. The van der Waals surface area contributed by atoms with Gasteiger partial charge < -0.3 is 14.0 Å². The molecule has 2 aromatic heterocycles. The van der Waals surface area contributed by atoms with E-state index in [2.05, 4.69) is 23.6 Å². The van der Waals surface area contributed by atoms with E-state index in [0.29, 0.717) is 49.9 Å². The van der Waals surface area contributed by atoms with Gasteiger partial charge in [-0.25, -0.2) is 9.79 Å². The number of carbonyl (C=O) groups excluding carboxylic acids is 1. The minimum absolute atomic E-state index is 0.211. The molecule has 0 saturated carbocycles. The van der Waals surface area contributed by atoms with Gasteiger partial charge in [0.2, 0.25) is 0 Å². The van der Waals surface area contributed by atoms with E-state index in [9.17, 15) is 9.59 Å². The molecule has 5 aromatic rings. The third kappa shape index (κ3) is 5.53. The van der Waals surface area contributed by atoms with Crippen molar-refractivity contribution in [3.63, 3.8) is 0 Å². The summed E-state index contributed by atoms with van der Waals surface area (Å²) in [7, 11) is 1.59. The number of thiazole rings is 1. The third-order valence-corrected chi connectivity index (χ3v) is 9.52. The van der Waals surface area contributed by atoms with Crippen LogP contribution in [0.5, 0.6) is 5.75 Å². The molecule has 0 saturated heterocycles. The zero-order chi connectivity index (χ0) is 31.7. The number of ether oxygens (including phenoxy) is 2. The molecule has 3 heterocycles. The van der Waals surface area contributed by atoms with E-state index in [1.807, 2.05) is 73.7 Å². The molecule has 9 heteroatoms. The van der Waals surface area contributed by atoms with E-state index >= 15 is 0 Å². The van der Waals surface area contributed by atoms with Gasteiger partial charge in [0, 0.05) is 39.3 Å². The second kappa shape index (κ2) is 12.9. The van der Waals surface area contributed by atoms with Crippen LogP contribution in [0.3, 0.4) is 0 Å². The Bertz CT molecular complexity index is 2140. The number of benzene rings is 3. The number of carbonyl (C=O) groups is 1. The highest BCUT2D eigenvalue weighted by Gasteiger charge is 2.36. The lowest BCUT2D eigenvalue weighted by Crippen LogP contribution is -2.40. The summed E-state index contributed by atoms with van der Waals surface area (Å²) in [5.41, 5.74) is 5.51. The van der Waals surface area contributed by atoms with Gasteiger partial charge in [0.25, 0.3) is 5.56 Å². The maximum Gasteiger partial charge on any atom is 0.338 e. The highest BCUT2D eigenvalue weighted by atomic mass is 35.5. The Hall–Kier alpha value is -4.40. The summed E-state index contributed by atoms with van der Waals surface area (Å²) in [5.74, 6) is 0.100. The molecular weight excluding hydrogens is 606 g/mol. The number of halogens is 1. The monoisotopic (exact) mass is 639 g/mol. The van der Waals surface area contributed by atoms with Crippen molar-refractivity contribution in [2.45, 2.75) is 46.2 Å². The molecule has 3 aromatic carbocycles. The molecule has 230 valence electrons. The van der Waals surface area contributed by atoms with Crippen LogP contribution in [-0.2, 0) is 16.1 Å². The Morgan fingerprint density at radius 2 is 1.78 bits per heavy atom. The summed E-state index contributed by atoms with van der Waals surface area (Å²) >= 11 is 7.88. The zero-order valence-electron chi connectivity index (χ0n) is 25.7. The van der Waals surface area contributed by atoms with Crippen molar-refractivity contribution >= 4 is 45.9 Å². The average molecular weight is 640 g/mol. The number of allylic oxidation sites excluding steroid dienone is 1. The van der Waals surface area contributed by atoms with Crippen LogP contribution >= 0.6 is 22.9 Å². The van der Waals surface area contributed by atoms with Gasteiger partial charge in [-0.2, -0.15) is 0 Å². The lowest BCUT2D eigenvalue weighted by molar-refractivity contribution is -0.139. The maximum atomic E-state index is 14.4. The molecule has 6 rings (SSSR count). The predicted molar refractivity (Wildman–Crippen MR) is 180 cm³/mol. The molecule has 0 spiro atoms. The fourth-order valence-electron chi connectivity index (χ4n) is 6.08. The highest BCUT2D eigenvalue weighted by Crippen LogP contribution is 2.37. The largest absolute Gasteiger partial charge is 0.496 e. The lowest BCUT2D eigenvalue weighted by atomic mass is 9.93. The molecule has 0 bridgehead atoms. The quantitative estimate of drug-likeness (QED) is 0.171. The first-order valence-electron chi connectivity index (χ1n) is 15.0. The summed E-state index contributed by atoms with van der Waals surface area (Å²) in [6.07, 6.45) is 3.30. The number of rotatable bonds is 9. The van der Waals surface area contributed by atoms with Crippen molar-refractivity contribution in [2.24, 2.45) is 4.99 Å². The average Bonchev–Trinajstić information content (AvgIpc) is 3.50. The smallest absolute Gasteiger partial charge is 0.338 e. The molecule has 1 atom stereocenters. The summed E-state index contributed by atoms with van der Waals surface area (Å²) in [6, 6.07) is 22.8. The van der Waals surface area contributed by atoms with E-state index in [-0.39, 0.29) is 12.2 Å². The topological polar surface area (TPSA) is 74.8 Å². The van der Waals surface area contributed by atoms with Crippen LogP contribution in [0.25, 0.3) is 17.0 Å². The van der Waals surface area contributed by atoms with Crippen molar-refractivity contribution < 1.29 is 14.3 Å². The lowest BCUT2D eigenvalue weighted by Gasteiger charge is -2.26. The summed E-state index contributed by atoms with van der Waals surface area (Å²) in [4.78, 5) is 33.4. The van der Waals surface area contributed by atoms with Gasteiger partial charge in [-0.1, -0.05) is 90.9 Å². The number of para-hydroxylation sites is 2. The van der Waals surface area contributed by atoms with Crippen molar-refractivity contribution in [3.05, 3.63) is 131 Å². The number of nitrogens with zero attached hydrogens (tertiary/aromatic N) is 3. The van der Waals surface area contributed by atoms with Crippen LogP contribution in [0.2, 0.25) is 5.02 Å². The van der Waals surface area contributed by atoms with Gasteiger partial charge in [0.1, 0.15) is 11.8 Å². The van der Waals surface area contributed by atoms with Crippen LogP contribution < -0.4 is 19.6 Å². The Kier molecular flexibility index (Phi) is 8.79. The molecule has 1 aliphatic rings. The van der Waals surface area contributed by atoms with E-state index in [1.165, 1.54) is 11.3 Å². The number of fused-ring (bicyclic) bond motifs is 2. The van der Waals surface area contributed by atoms with Gasteiger partial charge in [-0.05, 0) is 50.1 Å². The number of methoxy groups -OCH3 is 1. The van der Waals surface area contributed by atoms with Crippen LogP contribution in [0, 0.1) is 6.92 Å². The van der Waals surface area contributed by atoms with Crippen LogP contribution in [0.4, 0.5) is 0 Å². The standard InChI is InChI=1S/C36H34ClN3O4S/c1-5-13-28-32(35(42)44-6-2)33(25-16-9-12-19-30(25)43-4)40-34(41)31(45-36(40)38-28)20-26-22(3)39(29-18-11-8-15-24(26)29)21-23-14-7-10-17-27(23)37/h7-12,14-20,33H,5-6,13,21H2,1-4H3/b31-20-. The minimum Gasteiger partial charge on any atom is -0.496 e. The van der Waals surface area contributed by atoms with Crippen molar-refractivity contribution in [3.8, 4) is 5.75 Å². The first-order valence-corrected chi connectivity index (χ1v) is 16.2. The second-order valence-electron chi connectivity index (χ2n) is 10.8. The molecule has 1 unspecified atom stereocenters. The summed E-state index contributed by atoms with van der Waals surface area (Å²) in [6.45, 7) is 6.69. The van der Waals surface area contributed by atoms with Gasteiger partial charge in [-0.3, -0.25) is 9.36 Å². The molecular formula is C36H34ClN3O4S. The Morgan fingerprint density at radius 3 is 2.53 bits per heavy atom. The van der Waals surface area contributed by atoms with Crippen LogP contribution in [-0.4, -0.2) is 28.8 Å². The number of hydrogen-bond acceptors (Lipinski definition) is 6. The fraction of sp³-hybridized carbons (Fsp3) is 0.250. The Morgan fingerprint density at radius 1 is 1.04 bits per heavy atom. The highest BCUT2D eigenvalue weighted by molar-refractivity contribution is 7.07. The molecule has 0 radical (unpaired) electrons. The Balaban J connectivity index is 1.59. The number of hydrogen-bond donors (Lipinski definition) is 0. The predicted octanol–water partition coefficient (Wildman–Crippen LogP) is 6.55. The second-order valence-corrected chi connectivity index (χ2v) is 12.3. The molecule has 0 fully saturated rings. The van der Waals surface area contributed by atoms with Crippen molar-refractivity contribution in [1.82, 2.24) is 9.13 Å². The van der Waals surface area contributed by atoms with Crippen LogP contribution in [0.15, 0.2) is 93.9 Å². The molecule has 45 heavy (non-hydrogen) atoms. The molecule has 1 aliphatic heterocycles. The zero-order valence-corrected chi connectivity index (χ0v) is 27.2. The van der Waals surface area contributed by atoms with E-state index < -0.39 is 12.0 Å². The van der Waals surface area contributed by atoms with E-state index in [4.69, 9.17) is 26.1 Å². The first-order chi connectivity index (χ1) is 21.9. The summed E-state index contributed by atoms with van der Waals surface area (Å²) < 4.78 is 15.6. The molecule has 7 nitrogen and oxygen atoms in total. The minimum atomic E-state index is -0.747.